The van der Waals surface area contributed by atoms with E-state index in [0.29, 0.717) is 25.2 Å². The van der Waals surface area contributed by atoms with E-state index in [1.807, 2.05) is 13.0 Å². The highest BCUT2D eigenvalue weighted by molar-refractivity contribution is 5.91. The molecular weight excluding hydrogens is 271 g/mol. The summed E-state index contributed by atoms with van der Waals surface area (Å²) in [6.07, 6.45) is 1.46. The van der Waals surface area contributed by atoms with Crippen molar-refractivity contribution in [2.75, 3.05) is 13.1 Å². The first kappa shape index (κ1) is 15.2. The molecule has 1 aromatic carbocycles. The second-order valence-corrected chi connectivity index (χ2v) is 5.00. The Hall–Kier alpha value is -2.17. The van der Waals surface area contributed by atoms with Gasteiger partial charge in [0.1, 0.15) is 5.82 Å². The fraction of sp³-hybridized carbons (Fsp3) is 0.375. The Kier molecular flexibility index (Phi) is 5.09. The Morgan fingerprint density at radius 3 is 2.76 bits per heavy atom. The fourth-order valence-electron chi connectivity index (χ4n) is 2.16. The number of nitrogens with zero attached hydrogens (tertiary/aromatic N) is 2. The second kappa shape index (κ2) is 7.02. The average molecular weight is 290 g/mol. The third-order valence-corrected chi connectivity index (χ3v) is 3.18. The molecule has 112 valence electrons. The molecule has 0 aliphatic rings. The highest BCUT2D eigenvalue weighted by Crippen LogP contribution is 2.10. The van der Waals surface area contributed by atoms with Crippen LogP contribution in [-0.4, -0.2) is 29.1 Å². The topological polar surface area (TPSA) is 46.3 Å². The van der Waals surface area contributed by atoms with Gasteiger partial charge in [0.25, 0.3) is 5.91 Å². The van der Waals surface area contributed by atoms with E-state index in [4.69, 9.17) is 4.52 Å². The molecule has 0 unspecified atom stereocenters. The molecular formula is C16H19FN2O2. The van der Waals surface area contributed by atoms with Gasteiger partial charge in [-0.05, 0) is 37.5 Å². The van der Waals surface area contributed by atoms with Crippen molar-refractivity contribution in [3.8, 4) is 0 Å². The van der Waals surface area contributed by atoms with Gasteiger partial charge >= 0.3 is 0 Å². The first-order chi connectivity index (χ1) is 10.1. The normalized spacial score (nSPS) is 10.6. The summed E-state index contributed by atoms with van der Waals surface area (Å²) in [6.45, 7) is 4.94. The van der Waals surface area contributed by atoms with Crippen molar-refractivity contribution in [3.05, 3.63) is 53.2 Å². The number of halogens is 1. The van der Waals surface area contributed by atoms with E-state index < -0.39 is 0 Å². The smallest absolute Gasteiger partial charge is 0.292 e. The molecule has 0 aliphatic carbocycles. The lowest BCUT2D eigenvalue weighted by Crippen LogP contribution is -2.33. The van der Waals surface area contributed by atoms with E-state index in [9.17, 15) is 9.18 Å². The van der Waals surface area contributed by atoms with Gasteiger partial charge in [-0.2, -0.15) is 0 Å². The lowest BCUT2D eigenvalue weighted by molar-refractivity contribution is 0.0715. The summed E-state index contributed by atoms with van der Waals surface area (Å²) in [4.78, 5) is 14.1. The van der Waals surface area contributed by atoms with Crippen LogP contribution in [0.25, 0.3) is 0 Å². The van der Waals surface area contributed by atoms with E-state index in [2.05, 4.69) is 5.16 Å². The third kappa shape index (κ3) is 4.15. The summed E-state index contributed by atoms with van der Waals surface area (Å²) in [5.41, 5.74) is 1.55. The average Bonchev–Trinajstić information content (AvgIpc) is 2.89. The molecule has 4 nitrogen and oxygen atoms in total. The van der Waals surface area contributed by atoms with Gasteiger partial charge < -0.3 is 9.42 Å². The van der Waals surface area contributed by atoms with Crippen LogP contribution >= 0.6 is 0 Å². The van der Waals surface area contributed by atoms with Crippen molar-refractivity contribution in [2.45, 2.75) is 26.7 Å². The predicted octanol–water partition coefficient (Wildman–Crippen LogP) is 3.22. The van der Waals surface area contributed by atoms with Crippen molar-refractivity contribution >= 4 is 5.91 Å². The maximum atomic E-state index is 13.2. The van der Waals surface area contributed by atoms with Crippen molar-refractivity contribution in [2.24, 2.45) is 0 Å². The molecule has 0 radical (unpaired) electrons. The van der Waals surface area contributed by atoms with Gasteiger partial charge in [0.05, 0.1) is 5.69 Å². The Balaban J connectivity index is 2.03. The van der Waals surface area contributed by atoms with E-state index in [1.54, 1.807) is 24.0 Å². The molecule has 21 heavy (non-hydrogen) atoms. The van der Waals surface area contributed by atoms with Crippen molar-refractivity contribution in [1.29, 1.82) is 0 Å². The molecule has 2 aromatic rings. The zero-order valence-corrected chi connectivity index (χ0v) is 12.3. The SMILES string of the molecule is CCCN(CCc1cccc(F)c1)C(=O)c1cc(C)no1. The number of rotatable bonds is 6. The van der Waals surface area contributed by atoms with Crippen LogP contribution < -0.4 is 0 Å². The zero-order valence-electron chi connectivity index (χ0n) is 12.3. The number of aromatic nitrogens is 1. The molecule has 0 saturated heterocycles. The van der Waals surface area contributed by atoms with E-state index in [-0.39, 0.29) is 17.5 Å². The number of benzene rings is 1. The third-order valence-electron chi connectivity index (χ3n) is 3.18. The number of hydrogen-bond donors (Lipinski definition) is 0. The van der Waals surface area contributed by atoms with Gasteiger partial charge in [-0.1, -0.05) is 24.2 Å². The van der Waals surface area contributed by atoms with Crippen LogP contribution in [0, 0.1) is 12.7 Å². The number of aryl methyl sites for hydroxylation is 1. The molecule has 0 N–H and O–H groups in total. The van der Waals surface area contributed by atoms with E-state index >= 15 is 0 Å². The Morgan fingerprint density at radius 1 is 1.33 bits per heavy atom. The minimum Gasteiger partial charge on any atom is -0.351 e. The number of hydrogen-bond acceptors (Lipinski definition) is 3. The van der Waals surface area contributed by atoms with Crippen LogP contribution in [0.4, 0.5) is 4.39 Å². The summed E-state index contributed by atoms with van der Waals surface area (Å²) in [5, 5.41) is 3.74. The van der Waals surface area contributed by atoms with E-state index in [1.165, 1.54) is 12.1 Å². The minimum atomic E-state index is -0.258. The van der Waals surface area contributed by atoms with Crippen LogP contribution in [0.1, 0.15) is 35.2 Å². The summed E-state index contributed by atoms with van der Waals surface area (Å²) in [5.74, 6) is -0.180. The van der Waals surface area contributed by atoms with Crippen molar-refractivity contribution in [1.82, 2.24) is 10.1 Å². The first-order valence-electron chi connectivity index (χ1n) is 7.07. The van der Waals surface area contributed by atoms with Gasteiger partial charge in [0, 0.05) is 19.2 Å². The molecule has 1 heterocycles. The monoisotopic (exact) mass is 290 g/mol. The van der Waals surface area contributed by atoms with Gasteiger partial charge in [-0.25, -0.2) is 4.39 Å². The minimum absolute atomic E-state index is 0.172. The molecule has 1 amide bonds. The molecule has 5 heteroatoms. The summed E-state index contributed by atoms with van der Waals surface area (Å²) in [7, 11) is 0. The van der Waals surface area contributed by atoms with Crippen LogP contribution in [0.3, 0.4) is 0 Å². The molecule has 0 spiro atoms. The standard InChI is InChI=1S/C16H19FN2O2/c1-3-8-19(16(20)15-10-12(2)18-21-15)9-7-13-5-4-6-14(17)11-13/h4-6,10-11H,3,7-9H2,1-2H3. The quantitative estimate of drug-likeness (QED) is 0.820. The molecule has 0 saturated carbocycles. The number of carbonyl (C=O) groups excluding carboxylic acids is 1. The molecule has 0 aliphatic heterocycles. The summed E-state index contributed by atoms with van der Waals surface area (Å²) >= 11 is 0. The van der Waals surface area contributed by atoms with Crippen molar-refractivity contribution in [3.63, 3.8) is 0 Å². The highest BCUT2D eigenvalue weighted by atomic mass is 19.1. The predicted molar refractivity (Wildman–Crippen MR) is 77.5 cm³/mol. The Morgan fingerprint density at radius 2 is 2.14 bits per heavy atom. The zero-order chi connectivity index (χ0) is 15.2. The number of carbonyl (C=O) groups is 1. The second-order valence-electron chi connectivity index (χ2n) is 5.00. The molecule has 0 bridgehead atoms. The van der Waals surface area contributed by atoms with Gasteiger partial charge in [-0.15, -0.1) is 0 Å². The van der Waals surface area contributed by atoms with Gasteiger partial charge in [0.15, 0.2) is 0 Å². The van der Waals surface area contributed by atoms with Crippen LogP contribution in [0.15, 0.2) is 34.9 Å². The molecule has 2 rings (SSSR count). The lowest BCUT2D eigenvalue weighted by atomic mass is 10.1. The van der Waals surface area contributed by atoms with E-state index in [0.717, 1.165) is 12.0 Å². The highest BCUT2D eigenvalue weighted by Gasteiger charge is 2.19. The maximum Gasteiger partial charge on any atom is 0.292 e. The summed E-state index contributed by atoms with van der Waals surface area (Å²) in [6, 6.07) is 8.07. The summed E-state index contributed by atoms with van der Waals surface area (Å²) < 4.78 is 18.2. The number of amides is 1. The Labute approximate surface area is 123 Å². The van der Waals surface area contributed by atoms with Crippen molar-refractivity contribution < 1.29 is 13.7 Å². The Bertz CT molecular complexity index is 610. The molecule has 0 atom stereocenters. The molecule has 1 aromatic heterocycles. The van der Waals surface area contributed by atoms with Gasteiger partial charge in [-0.3, -0.25) is 4.79 Å². The van der Waals surface area contributed by atoms with Crippen LogP contribution in [-0.2, 0) is 6.42 Å². The largest absolute Gasteiger partial charge is 0.351 e. The van der Waals surface area contributed by atoms with Gasteiger partial charge in [0.2, 0.25) is 5.76 Å². The van der Waals surface area contributed by atoms with Crippen LogP contribution in [0.2, 0.25) is 0 Å². The molecule has 0 fully saturated rings. The van der Waals surface area contributed by atoms with Crippen LogP contribution in [0.5, 0.6) is 0 Å². The fourth-order valence-corrected chi connectivity index (χ4v) is 2.16. The maximum absolute atomic E-state index is 13.2. The first-order valence-corrected chi connectivity index (χ1v) is 7.07. The lowest BCUT2D eigenvalue weighted by Gasteiger charge is -2.20.